The van der Waals surface area contributed by atoms with Crippen LogP contribution in [0.5, 0.6) is 0 Å². The number of anilines is 1. The summed E-state index contributed by atoms with van der Waals surface area (Å²) in [6, 6.07) is 11.7. The number of halogens is 2. The molecule has 2 amide bonds. The molecule has 0 saturated carbocycles. The number of carbonyl (C=O) groups excluding carboxylic acids is 2. The van der Waals surface area contributed by atoms with Crippen molar-refractivity contribution in [1.29, 1.82) is 0 Å². The summed E-state index contributed by atoms with van der Waals surface area (Å²) in [6.07, 6.45) is 3.02. The number of nitrogens with one attached hydrogen (secondary N) is 1. The molecular formula is C25H33ClFN3O4S. The van der Waals surface area contributed by atoms with Gasteiger partial charge in [0.2, 0.25) is 21.8 Å². The van der Waals surface area contributed by atoms with Gasteiger partial charge in [0.15, 0.2) is 0 Å². The van der Waals surface area contributed by atoms with Crippen molar-refractivity contribution in [3.05, 3.63) is 64.9 Å². The van der Waals surface area contributed by atoms with Crippen LogP contribution in [0, 0.1) is 5.82 Å². The van der Waals surface area contributed by atoms with E-state index in [1.807, 2.05) is 6.92 Å². The Bertz CT molecular complexity index is 1100. The SMILES string of the molecule is CCCCNC(=O)[C@H](C)N(Cc1ccccc1F)C(=O)CCCN(c1ccc(Cl)cc1)S(C)(=O)=O. The van der Waals surface area contributed by atoms with E-state index in [0.717, 1.165) is 19.1 Å². The second-order valence-corrected chi connectivity index (χ2v) is 10.7. The lowest BCUT2D eigenvalue weighted by Gasteiger charge is -2.29. The van der Waals surface area contributed by atoms with Crippen LogP contribution in [0.4, 0.5) is 10.1 Å². The third kappa shape index (κ3) is 8.81. The number of rotatable bonds is 13. The topological polar surface area (TPSA) is 86.8 Å². The van der Waals surface area contributed by atoms with Gasteiger partial charge in [-0.1, -0.05) is 43.1 Å². The summed E-state index contributed by atoms with van der Waals surface area (Å²) in [7, 11) is -3.59. The van der Waals surface area contributed by atoms with Crippen molar-refractivity contribution in [1.82, 2.24) is 10.2 Å². The molecule has 0 bridgehead atoms. The van der Waals surface area contributed by atoms with Crippen LogP contribution in [0.2, 0.25) is 5.02 Å². The van der Waals surface area contributed by atoms with E-state index in [-0.39, 0.29) is 37.7 Å². The lowest BCUT2D eigenvalue weighted by atomic mass is 10.1. The summed E-state index contributed by atoms with van der Waals surface area (Å²) in [5, 5.41) is 3.29. The largest absolute Gasteiger partial charge is 0.354 e. The van der Waals surface area contributed by atoms with E-state index >= 15 is 0 Å². The Labute approximate surface area is 212 Å². The lowest BCUT2D eigenvalue weighted by molar-refractivity contribution is -0.140. The summed E-state index contributed by atoms with van der Waals surface area (Å²) < 4.78 is 40.2. The highest BCUT2D eigenvalue weighted by atomic mass is 35.5. The van der Waals surface area contributed by atoms with Gasteiger partial charge in [0, 0.05) is 36.6 Å². The van der Waals surface area contributed by atoms with Crippen molar-refractivity contribution in [2.75, 3.05) is 23.7 Å². The number of sulfonamides is 1. The van der Waals surface area contributed by atoms with Gasteiger partial charge >= 0.3 is 0 Å². The van der Waals surface area contributed by atoms with E-state index in [9.17, 15) is 22.4 Å². The maximum atomic E-state index is 14.3. The molecule has 0 aliphatic rings. The van der Waals surface area contributed by atoms with Gasteiger partial charge in [-0.2, -0.15) is 0 Å². The second kappa shape index (κ2) is 13.4. The van der Waals surface area contributed by atoms with Gasteiger partial charge in [0.1, 0.15) is 11.9 Å². The van der Waals surface area contributed by atoms with E-state index in [0.29, 0.717) is 22.8 Å². The van der Waals surface area contributed by atoms with Crippen LogP contribution < -0.4 is 9.62 Å². The normalized spacial score (nSPS) is 12.1. The highest BCUT2D eigenvalue weighted by Crippen LogP contribution is 2.21. The first-order valence-corrected chi connectivity index (χ1v) is 13.8. The molecular weight excluding hydrogens is 493 g/mol. The number of benzene rings is 2. The fourth-order valence-electron chi connectivity index (χ4n) is 3.54. The van der Waals surface area contributed by atoms with Gasteiger partial charge in [-0.25, -0.2) is 12.8 Å². The third-order valence-electron chi connectivity index (χ3n) is 5.56. The van der Waals surface area contributed by atoms with Crippen LogP contribution in [0.25, 0.3) is 0 Å². The Kier molecular flexibility index (Phi) is 11.0. The van der Waals surface area contributed by atoms with E-state index in [4.69, 9.17) is 11.6 Å². The number of nitrogens with zero attached hydrogens (tertiary/aromatic N) is 2. The van der Waals surface area contributed by atoms with Gasteiger partial charge in [0.25, 0.3) is 0 Å². The molecule has 0 aliphatic heterocycles. The first-order chi connectivity index (χ1) is 16.5. The molecule has 0 saturated heterocycles. The summed E-state index contributed by atoms with van der Waals surface area (Å²) in [5.74, 6) is -1.15. The summed E-state index contributed by atoms with van der Waals surface area (Å²) in [6.45, 7) is 4.10. The standard InChI is InChI=1S/C25H33ClFN3O4S/c1-4-5-16-28-25(32)19(2)29(18-20-9-6-7-10-23(20)27)24(31)11-8-17-30(35(3,33)34)22-14-12-21(26)13-15-22/h6-7,9-10,12-15,19H,4-5,8,11,16-18H2,1-3H3,(H,28,32)/t19-/m0/s1. The Morgan fingerprint density at radius 3 is 2.34 bits per heavy atom. The van der Waals surface area contributed by atoms with Crippen LogP contribution in [0.1, 0.15) is 45.1 Å². The summed E-state index contributed by atoms with van der Waals surface area (Å²) in [5.41, 5.74) is 0.740. The summed E-state index contributed by atoms with van der Waals surface area (Å²) in [4.78, 5) is 27.2. The van der Waals surface area contributed by atoms with Crippen LogP contribution in [-0.2, 0) is 26.2 Å². The Morgan fingerprint density at radius 2 is 1.74 bits per heavy atom. The molecule has 192 valence electrons. The minimum Gasteiger partial charge on any atom is -0.354 e. The van der Waals surface area contributed by atoms with Gasteiger partial charge in [-0.3, -0.25) is 13.9 Å². The molecule has 7 nitrogen and oxygen atoms in total. The van der Waals surface area contributed by atoms with Crippen molar-refractivity contribution in [3.8, 4) is 0 Å². The maximum absolute atomic E-state index is 14.3. The molecule has 10 heteroatoms. The zero-order valence-electron chi connectivity index (χ0n) is 20.3. The monoisotopic (exact) mass is 525 g/mol. The van der Waals surface area contributed by atoms with Crippen molar-refractivity contribution in [2.45, 2.75) is 52.1 Å². The van der Waals surface area contributed by atoms with Crippen LogP contribution in [-0.4, -0.2) is 50.5 Å². The average molecular weight is 526 g/mol. The molecule has 0 heterocycles. The molecule has 1 atom stereocenters. The predicted octanol–water partition coefficient (Wildman–Crippen LogP) is 4.36. The van der Waals surface area contributed by atoms with Gasteiger partial charge < -0.3 is 10.2 Å². The molecule has 2 aromatic rings. The third-order valence-corrected chi connectivity index (χ3v) is 7.01. The average Bonchev–Trinajstić information content (AvgIpc) is 2.81. The minimum atomic E-state index is -3.59. The number of amides is 2. The fraction of sp³-hybridized carbons (Fsp3) is 0.440. The Morgan fingerprint density at radius 1 is 1.09 bits per heavy atom. The lowest BCUT2D eigenvalue weighted by Crippen LogP contribution is -2.48. The minimum absolute atomic E-state index is 0.0133. The van der Waals surface area contributed by atoms with Crippen LogP contribution >= 0.6 is 11.6 Å². The van der Waals surface area contributed by atoms with Gasteiger partial charge in [-0.15, -0.1) is 0 Å². The first kappa shape index (κ1) is 28.6. The molecule has 2 rings (SSSR count). The zero-order valence-corrected chi connectivity index (χ0v) is 21.9. The smallest absolute Gasteiger partial charge is 0.242 e. The molecule has 0 fully saturated rings. The van der Waals surface area contributed by atoms with Crippen LogP contribution in [0.15, 0.2) is 48.5 Å². The predicted molar refractivity (Wildman–Crippen MR) is 137 cm³/mol. The molecule has 1 N–H and O–H groups in total. The Hall–Kier alpha value is -2.65. The molecule has 0 aromatic heterocycles. The highest BCUT2D eigenvalue weighted by Gasteiger charge is 2.27. The molecule has 0 spiro atoms. The van der Waals surface area contributed by atoms with E-state index in [2.05, 4.69) is 5.32 Å². The van der Waals surface area contributed by atoms with Gasteiger partial charge in [-0.05, 0) is 50.1 Å². The molecule has 0 radical (unpaired) electrons. The number of hydrogen-bond acceptors (Lipinski definition) is 4. The first-order valence-electron chi connectivity index (χ1n) is 11.6. The quantitative estimate of drug-likeness (QED) is 0.394. The summed E-state index contributed by atoms with van der Waals surface area (Å²) >= 11 is 5.91. The maximum Gasteiger partial charge on any atom is 0.242 e. The van der Waals surface area contributed by atoms with Crippen molar-refractivity contribution < 1.29 is 22.4 Å². The molecule has 0 aliphatic carbocycles. The molecule has 35 heavy (non-hydrogen) atoms. The number of hydrogen-bond donors (Lipinski definition) is 1. The Balaban J connectivity index is 2.14. The van der Waals surface area contributed by atoms with E-state index < -0.39 is 21.9 Å². The van der Waals surface area contributed by atoms with Crippen molar-refractivity contribution in [3.63, 3.8) is 0 Å². The molecule has 2 aromatic carbocycles. The van der Waals surface area contributed by atoms with Gasteiger partial charge in [0.05, 0.1) is 11.9 Å². The molecule has 0 unspecified atom stereocenters. The zero-order chi connectivity index (χ0) is 26.0. The van der Waals surface area contributed by atoms with E-state index in [1.165, 1.54) is 15.3 Å². The fourth-order valence-corrected chi connectivity index (χ4v) is 4.63. The second-order valence-electron chi connectivity index (χ2n) is 8.35. The number of carbonyl (C=O) groups is 2. The van der Waals surface area contributed by atoms with Crippen molar-refractivity contribution in [2.24, 2.45) is 0 Å². The van der Waals surface area contributed by atoms with Crippen LogP contribution in [0.3, 0.4) is 0 Å². The van der Waals surface area contributed by atoms with Crippen molar-refractivity contribution >= 4 is 39.1 Å². The van der Waals surface area contributed by atoms with E-state index in [1.54, 1.807) is 49.4 Å². The highest BCUT2D eigenvalue weighted by molar-refractivity contribution is 7.92. The number of unbranched alkanes of at least 4 members (excludes halogenated alkanes) is 1.